The van der Waals surface area contributed by atoms with Crippen molar-refractivity contribution in [2.75, 3.05) is 0 Å². The average Bonchev–Trinajstić information content (AvgIpc) is 2.73. The minimum absolute atomic E-state index is 0.00679. The van der Waals surface area contributed by atoms with Gasteiger partial charge >= 0.3 is 0 Å². The zero-order valence-corrected chi connectivity index (χ0v) is 16.8. The molecular formula is C25H26O3. The first-order valence-corrected chi connectivity index (χ1v) is 9.42. The fourth-order valence-electron chi connectivity index (χ4n) is 2.92. The van der Waals surface area contributed by atoms with Crippen LogP contribution in [0.1, 0.15) is 54.7 Å². The fourth-order valence-corrected chi connectivity index (χ4v) is 2.92. The molecular weight excluding hydrogens is 348 g/mol. The Labute approximate surface area is 166 Å². The van der Waals surface area contributed by atoms with Gasteiger partial charge in [-0.3, -0.25) is 4.79 Å². The lowest BCUT2D eigenvalue weighted by molar-refractivity contribution is -0.410. The van der Waals surface area contributed by atoms with E-state index in [0.29, 0.717) is 11.1 Å². The third kappa shape index (κ3) is 4.56. The molecule has 0 saturated carbocycles. The van der Waals surface area contributed by atoms with Crippen LogP contribution in [0.5, 0.6) is 0 Å². The Kier molecular flexibility index (Phi) is 5.78. The molecule has 0 fully saturated rings. The Hall–Kier alpha value is -2.75. The molecule has 0 unspecified atom stereocenters. The number of ketones is 1. The maximum atomic E-state index is 12.6. The van der Waals surface area contributed by atoms with Crippen molar-refractivity contribution in [3.05, 3.63) is 107 Å². The summed E-state index contributed by atoms with van der Waals surface area (Å²) in [4.78, 5) is 24.2. The van der Waals surface area contributed by atoms with Crippen molar-refractivity contribution in [2.45, 2.75) is 38.9 Å². The molecule has 144 valence electrons. The summed E-state index contributed by atoms with van der Waals surface area (Å²) < 4.78 is 0. The van der Waals surface area contributed by atoms with Gasteiger partial charge in [-0.25, -0.2) is 9.78 Å². The van der Waals surface area contributed by atoms with Crippen LogP contribution >= 0.6 is 0 Å². The maximum absolute atomic E-state index is 12.6. The summed E-state index contributed by atoms with van der Waals surface area (Å²) in [5, 5.41) is 0. The Morgan fingerprint density at radius 1 is 0.571 bits per heavy atom. The molecule has 0 bridgehead atoms. The number of benzene rings is 3. The molecule has 0 spiro atoms. The monoisotopic (exact) mass is 374 g/mol. The average molecular weight is 374 g/mol. The molecule has 0 aromatic heterocycles. The number of rotatable bonds is 7. The molecule has 0 atom stereocenters. The first-order valence-electron chi connectivity index (χ1n) is 9.42. The van der Waals surface area contributed by atoms with Gasteiger partial charge in [-0.05, 0) is 38.8 Å². The van der Waals surface area contributed by atoms with Gasteiger partial charge in [0.05, 0.1) is 0 Å². The topological polar surface area (TPSA) is 35.5 Å². The van der Waals surface area contributed by atoms with Crippen molar-refractivity contribution >= 4 is 5.78 Å². The van der Waals surface area contributed by atoms with E-state index < -0.39 is 11.2 Å². The normalized spacial score (nSPS) is 12.0. The molecule has 28 heavy (non-hydrogen) atoms. The lowest BCUT2D eigenvalue weighted by atomic mass is 9.95. The number of hydrogen-bond donors (Lipinski definition) is 0. The van der Waals surface area contributed by atoms with Crippen molar-refractivity contribution in [1.82, 2.24) is 0 Å². The van der Waals surface area contributed by atoms with Crippen LogP contribution in [0.15, 0.2) is 84.9 Å². The summed E-state index contributed by atoms with van der Waals surface area (Å²) in [6.45, 7) is 7.84. The van der Waals surface area contributed by atoms with E-state index >= 15 is 0 Å². The number of hydrogen-bond acceptors (Lipinski definition) is 3. The fraction of sp³-hybridized carbons (Fsp3) is 0.240. The zero-order chi connectivity index (χ0) is 20.2. The van der Waals surface area contributed by atoms with Gasteiger partial charge in [-0.2, -0.15) is 0 Å². The molecule has 0 aliphatic heterocycles. The predicted molar refractivity (Wildman–Crippen MR) is 111 cm³/mol. The van der Waals surface area contributed by atoms with Crippen LogP contribution in [0.25, 0.3) is 0 Å². The van der Waals surface area contributed by atoms with E-state index in [9.17, 15) is 4.79 Å². The van der Waals surface area contributed by atoms with Crippen LogP contribution in [0, 0.1) is 0 Å². The molecule has 3 aromatic carbocycles. The second-order valence-electron chi connectivity index (χ2n) is 7.83. The van der Waals surface area contributed by atoms with Gasteiger partial charge in [0.1, 0.15) is 11.2 Å². The van der Waals surface area contributed by atoms with Crippen LogP contribution in [0.2, 0.25) is 0 Å². The summed E-state index contributed by atoms with van der Waals surface area (Å²) in [5.74, 6) is 0.00679. The molecule has 3 nitrogen and oxygen atoms in total. The summed E-state index contributed by atoms with van der Waals surface area (Å²) in [6.07, 6.45) is 0. The van der Waals surface area contributed by atoms with E-state index in [1.807, 2.05) is 113 Å². The van der Waals surface area contributed by atoms with Gasteiger partial charge in [0.15, 0.2) is 5.78 Å². The van der Waals surface area contributed by atoms with Gasteiger partial charge in [0.25, 0.3) is 0 Å². The van der Waals surface area contributed by atoms with E-state index in [4.69, 9.17) is 9.78 Å². The molecule has 3 heteroatoms. The SMILES string of the molecule is CC(C)(OOC(C)(C)c1ccc(C(=O)c2ccccc2)cc1)c1ccccc1. The third-order valence-electron chi connectivity index (χ3n) is 4.81. The first-order chi connectivity index (χ1) is 13.3. The Balaban J connectivity index is 1.71. The van der Waals surface area contributed by atoms with Gasteiger partial charge in [0.2, 0.25) is 0 Å². The highest BCUT2D eigenvalue weighted by Crippen LogP contribution is 2.31. The largest absolute Gasteiger partial charge is 0.289 e. The van der Waals surface area contributed by atoms with Crippen molar-refractivity contribution in [3.8, 4) is 0 Å². The molecule has 3 rings (SSSR count). The first kappa shape index (κ1) is 20.0. The number of carbonyl (C=O) groups is 1. The molecule has 0 saturated heterocycles. The van der Waals surface area contributed by atoms with E-state index in [-0.39, 0.29) is 5.78 Å². The van der Waals surface area contributed by atoms with Crippen LogP contribution in [-0.4, -0.2) is 5.78 Å². The molecule has 0 heterocycles. The smallest absolute Gasteiger partial charge is 0.193 e. The van der Waals surface area contributed by atoms with Crippen LogP contribution in [0.4, 0.5) is 0 Å². The molecule has 0 aliphatic carbocycles. The van der Waals surface area contributed by atoms with E-state index in [2.05, 4.69) is 0 Å². The van der Waals surface area contributed by atoms with Crippen LogP contribution in [0.3, 0.4) is 0 Å². The minimum Gasteiger partial charge on any atom is -0.289 e. The highest BCUT2D eigenvalue weighted by molar-refractivity contribution is 6.08. The van der Waals surface area contributed by atoms with Gasteiger partial charge < -0.3 is 0 Å². The van der Waals surface area contributed by atoms with Gasteiger partial charge in [-0.1, -0.05) is 84.9 Å². The van der Waals surface area contributed by atoms with Crippen molar-refractivity contribution in [2.24, 2.45) is 0 Å². The second kappa shape index (κ2) is 8.09. The molecule has 0 radical (unpaired) electrons. The van der Waals surface area contributed by atoms with Gasteiger partial charge in [0, 0.05) is 11.1 Å². The van der Waals surface area contributed by atoms with E-state index in [1.54, 1.807) is 0 Å². The Bertz CT molecular complexity index is 911. The zero-order valence-electron chi connectivity index (χ0n) is 16.8. The number of carbonyl (C=O) groups excluding carboxylic acids is 1. The molecule has 0 aliphatic rings. The lowest BCUT2D eigenvalue weighted by Crippen LogP contribution is -2.29. The van der Waals surface area contributed by atoms with Crippen molar-refractivity contribution in [3.63, 3.8) is 0 Å². The molecule has 3 aromatic rings. The highest BCUT2D eigenvalue weighted by Gasteiger charge is 2.29. The predicted octanol–water partition coefficient (Wildman–Crippen LogP) is 6.04. The summed E-state index contributed by atoms with van der Waals surface area (Å²) in [6, 6.07) is 26.7. The highest BCUT2D eigenvalue weighted by atomic mass is 17.2. The van der Waals surface area contributed by atoms with Gasteiger partial charge in [-0.15, -0.1) is 0 Å². The van der Waals surface area contributed by atoms with Crippen molar-refractivity contribution < 1.29 is 14.6 Å². The molecule has 0 amide bonds. The Morgan fingerprint density at radius 2 is 0.964 bits per heavy atom. The van der Waals surface area contributed by atoms with E-state index in [1.165, 1.54) is 0 Å². The summed E-state index contributed by atoms with van der Waals surface area (Å²) in [5.41, 5.74) is 2.05. The van der Waals surface area contributed by atoms with E-state index in [0.717, 1.165) is 11.1 Å². The minimum atomic E-state index is -0.666. The lowest BCUT2D eigenvalue weighted by Gasteiger charge is -2.31. The second-order valence-corrected chi connectivity index (χ2v) is 7.83. The molecule has 0 N–H and O–H groups in total. The maximum Gasteiger partial charge on any atom is 0.193 e. The Morgan fingerprint density at radius 3 is 1.46 bits per heavy atom. The van der Waals surface area contributed by atoms with Crippen LogP contribution in [-0.2, 0) is 21.0 Å². The van der Waals surface area contributed by atoms with Crippen molar-refractivity contribution in [1.29, 1.82) is 0 Å². The third-order valence-corrected chi connectivity index (χ3v) is 4.81. The standard InChI is InChI=1S/C25H26O3/c1-24(2,21-13-9-6-10-14-21)27-28-25(3,4)22-17-15-20(16-18-22)23(26)19-11-7-5-8-12-19/h5-18H,1-4H3. The quantitative estimate of drug-likeness (QED) is 0.287. The summed E-state index contributed by atoms with van der Waals surface area (Å²) in [7, 11) is 0. The summed E-state index contributed by atoms with van der Waals surface area (Å²) >= 11 is 0. The van der Waals surface area contributed by atoms with Crippen LogP contribution < -0.4 is 0 Å².